The minimum Gasteiger partial charge on any atom is -0.396 e. The second-order valence-electron chi connectivity index (χ2n) is 3.14. The minimum absolute atomic E-state index is 0.0513. The van der Waals surface area contributed by atoms with Crippen LogP contribution in [0.2, 0.25) is 5.02 Å². The number of rotatable bonds is 1. The highest BCUT2D eigenvalue weighted by atomic mass is 79.9. The summed E-state index contributed by atoms with van der Waals surface area (Å²) < 4.78 is 14.1. The molecule has 0 atom stereocenters. The lowest BCUT2D eigenvalue weighted by molar-refractivity contribution is 0.601. The standard InChI is InChI=1S/C9H10BrClFN/c1-4(2)7-8(10)5(11)3-6(13)9(7)12/h3-4H,13H2,1-2H3. The Bertz CT molecular complexity index is 313. The zero-order valence-corrected chi connectivity index (χ0v) is 9.71. The Labute approximate surface area is 90.2 Å². The SMILES string of the molecule is CC(C)c1c(F)c(N)cc(Cl)c1Br. The zero-order valence-electron chi connectivity index (χ0n) is 7.37. The third-order valence-electron chi connectivity index (χ3n) is 1.80. The Hall–Kier alpha value is -0.280. The Balaban J connectivity index is 3.46. The van der Waals surface area contributed by atoms with E-state index in [9.17, 15) is 4.39 Å². The summed E-state index contributed by atoms with van der Waals surface area (Å²) in [6.45, 7) is 3.78. The predicted molar refractivity (Wildman–Crippen MR) is 57.6 cm³/mol. The van der Waals surface area contributed by atoms with Crippen LogP contribution in [0, 0.1) is 5.82 Å². The van der Waals surface area contributed by atoms with Crippen molar-refractivity contribution in [3.05, 3.63) is 26.9 Å². The molecule has 2 N–H and O–H groups in total. The molecule has 0 aliphatic carbocycles. The van der Waals surface area contributed by atoms with Crippen LogP contribution in [0.3, 0.4) is 0 Å². The summed E-state index contributed by atoms with van der Waals surface area (Å²) in [6, 6.07) is 1.41. The maximum Gasteiger partial charge on any atom is 0.150 e. The maximum atomic E-state index is 13.5. The first-order chi connectivity index (χ1) is 5.95. The molecule has 1 aromatic carbocycles. The maximum absolute atomic E-state index is 13.5. The zero-order chi connectivity index (χ0) is 10.2. The topological polar surface area (TPSA) is 26.0 Å². The van der Waals surface area contributed by atoms with Crippen LogP contribution in [-0.2, 0) is 0 Å². The van der Waals surface area contributed by atoms with Gasteiger partial charge in [-0.25, -0.2) is 4.39 Å². The molecular formula is C9H10BrClFN. The van der Waals surface area contributed by atoms with Crippen molar-refractivity contribution in [3.8, 4) is 0 Å². The average Bonchev–Trinajstić information content (AvgIpc) is 2.01. The van der Waals surface area contributed by atoms with Crippen molar-refractivity contribution in [2.24, 2.45) is 0 Å². The van der Waals surface area contributed by atoms with Crippen molar-refractivity contribution in [1.82, 2.24) is 0 Å². The lowest BCUT2D eigenvalue weighted by Gasteiger charge is -2.12. The molecule has 4 heteroatoms. The van der Waals surface area contributed by atoms with E-state index in [2.05, 4.69) is 15.9 Å². The van der Waals surface area contributed by atoms with E-state index in [0.29, 0.717) is 15.1 Å². The number of hydrogen-bond acceptors (Lipinski definition) is 1. The van der Waals surface area contributed by atoms with Crippen LogP contribution in [0.25, 0.3) is 0 Å². The molecule has 13 heavy (non-hydrogen) atoms. The Kier molecular flexibility index (Phi) is 3.19. The summed E-state index contributed by atoms with van der Waals surface area (Å²) in [4.78, 5) is 0. The van der Waals surface area contributed by atoms with E-state index in [-0.39, 0.29) is 17.4 Å². The van der Waals surface area contributed by atoms with Gasteiger partial charge in [-0.3, -0.25) is 0 Å². The van der Waals surface area contributed by atoms with E-state index in [1.807, 2.05) is 13.8 Å². The Morgan fingerprint density at radius 3 is 2.54 bits per heavy atom. The minimum atomic E-state index is -0.383. The molecule has 1 rings (SSSR count). The summed E-state index contributed by atoms with van der Waals surface area (Å²) in [5, 5.41) is 0.447. The summed E-state index contributed by atoms with van der Waals surface area (Å²) in [6.07, 6.45) is 0. The quantitative estimate of drug-likeness (QED) is 0.604. The molecule has 0 heterocycles. The number of halogens is 3. The van der Waals surface area contributed by atoms with E-state index < -0.39 is 0 Å². The van der Waals surface area contributed by atoms with Gasteiger partial charge in [-0.2, -0.15) is 0 Å². The van der Waals surface area contributed by atoms with Crippen molar-refractivity contribution >= 4 is 33.2 Å². The van der Waals surface area contributed by atoms with Crippen LogP contribution in [0.5, 0.6) is 0 Å². The first-order valence-electron chi connectivity index (χ1n) is 3.88. The van der Waals surface area contributed by atoms with Gasteiger partial charge in [0.05, 0.1) is 10.7 Å². The molecule has 0 fully saturated rings. The molecule has 0 spiro atoms. The number of benzene rings is 1. The van der Waals surface area contributed by atoms with Crippen LogP contribution in [0.1, 0.15) is 25.3 Å². The molecule has 0 saturated carbocycles. The van der Waals surface area contributed by atoms with Gasteiger partial charge in [-0.15, -0.1) is 0 Å². The molecule has 0 aromatic heterocycles. The fourth-order valence-electron chi connectivity index (χ4n) is 1.15. The van der Waals surface area contributed by atoms with E-state index in [1.54, 1.807) is 0 Å². The van der Waals surface area contributed by atoms with E-state index in [1.165, 1.54) is 6.07 Å². The Morgan fingerprint density at radius 1 is 1.54 bits per heavy atom. The fourth-order valence-corrected chi connectivity index (χ4v) is 2.12. The normalized spacial score (nSPS) is 10.9. The van der Waals surface area contributed by atoms with Crippen molar-refractivity contribution in [2.75, 3.05) is 5.73 Å². The van der Waals surface area contributed by atoms with Crippen LogP contribution in [0.4, 0.5) is 10.1 Å². The fraction of sp³-hybridized carbons (Fsp3) is 0.333. The smallest absolute Gasteiger partial charge is 0.150 e. The van der Waals surface area contributed by atoms with Gasteiger partial charge in [0, 0.05) is 10.0 Å². The highest BCUT2D eigenvalue weighted by Gasteiger charge is 2.16. The molecule has 0 amide bonds. The van der Waals surface area contributed by atoms with Gasteiger partial charge in [0.1, 0.15) is 0 Å². The Morgan fingerprint density at radius 2 is 2.08 bits per heavy atom. The molecule has 0 aliphatic rings. The largest absolute Gasteiger partial charge is 0.396 e. The van der Waals surface area contributed by atoms with E-state index in [0.717, 1.165) is 0 Å². The molecule has 72 valence electrons. The monoisotopic (exact) mass is 265 g/mol. The van der Waals surface area contributed by atoms with Crippen molar-refractivity contribution in [2.45, 2.75) is 19.8 Å². The van der Waals surface area contributed by atoms with Crippen LogP contribution in [-0.4, -0.2) is 0 Å². The number of nitrogen functional groups attached to an aromatic ring is 1. The van der Waals surface area contributed by atoms with Crippen molar-refractivity contribution in [1.29, 1.82) is 0 Å². The first-order valence-corrected chi connectivity index (χ1v) is 5.05. The van der Waals surface area contributed by atoms with E-state index >= 15 is 0 Å². The summed E-state index contributed by atoms with van der Waals surface area (Å²) >= 11 is 9.08. The molecule has 0 bridgehead atoms. The molecule has 0 unspecified atom stereocenters. The molecular weight excluding hydrogens is 256 g/mol. The third-order valence-corrected chi connectivity index (χ3v) is 3.18. The highest BCUT2D eigenvalue weighted by Crippen LogP contribution is 2.36. The first kappa shape index (κ1) is 10.8. The van der Waals surface area contributed by atoms with Gasteiger partial charge in [0.2, 0.25) is 0 Å². The molecule has 1 aromatic rings. The second-order valence-corrected chi connectivity index (χ2v) is 4.34. The number of nitrogens with two attached hydrogens (primary N) is 1. The third kappa shape index (κ3) is 1.97. The van der Waals surface area contributed by atoms with Crippen molar-refractivity contribution < 1.29 is 4.39 Å². The van der Waals surface area contributed by atoms with Gasteiger partial charge in [0.25, 0.3) is 0 Å². The van der Waals surface area contributed by atoms with Gasteiger partial charge < -0.3 is 5.73 Å². The summed E-state index contributed by atoms with van der Waals surface area (Å²) in [7, 11) is 0. The molecule has 1 nitrogen and oxygen atoms in total. The lowest BCUT2D eigenvalue weighted by Crippen LogP contribution is -2.00. The summed E-state index contributed by atoms with van der Waals surface area (Å²) in [5.41, 5.74) is 6.07. The second kappa shape index (κ2) is 3.84. The van der Waals surface area contributed by atoms with Gasteiger partial charge in [0.15, 0.2) is 5.82 Å². The van der Waals surface area contributed by atoms with Gasteiger partial charge >= 0.3 is 0 Å². The predicted octanol–water partition coefficient (Wildman–Crippen LogP) is 3.95. The van der Waals surface area contributed by atoms with Crippen LogP contribution in [0.15, 0.2) is 10.5 Å². The highest BCUT2D eigenvalue weighted by molar-refractivity contribution is 9.10. The van der Waals surface area contributed by atoms with Crippen LogP contribution >= 0.6 is 27.5 Å². The summed E-state index contributed by atoms with van der Waals surface area (Å²) in [5.74, 6) is -0.332. The average molecular weight is 267 g/mol. The van der Waals surface area contributed by atoms with Crippen LogP contribution < -0.4 is 5.73 Å². The molecule has 0 radical (unpaired) electrons. The molecule has 0 aliphatic heterocycles. The lowest BCUT2D eigenvalue weighted by atomic mass is 10.0. The van der Waals surface area contributed by atoms with E-state index in [4.69, 9.17) is 17.3 Å². The van der Waals surface area contributed by atoms with Gasteiger partial charge in [-0.05, 0) is 27.9 Å². The number of anilines is 1. The number of hydrogen-bond donors (Lipinski definition) is 1. The van der Waals surface area contributed by atoms with Gasteiger partial charge in [-0.1, -0.05) is 25.4 Å². The molecule has 0 saturated heterocycles. The van der Waals surface area contributed by atoms with Crippen molar-refractivity contribution in [3.63, 3.8) is 0 Å².